The number of ether oxygens (including phenoxy) is 2. The summed E-state index contributed by atoms with van der Waals surface area (Å²) in [4.78, 5) is 11.8. The monoisotopic (exact) mass is 312 g/mol. The Morgan fingerprint density at radius 1 is 1.44 bits per heavy atom. The number of benzene rings is 1. The highest BCUT2D eigenvalue weighted by molar-refractivity contribution is 9.10. The summed E-state index contributed by atoms with van der Waals surface area (Å²) in [5.41, 5.74) is 2.23. The minimum Gasteiger partial charge on any atom is -0.486 e. The van der Waals surface area contributed by atoms with Crippen LogP contribution in [0.5, 0.6) is 5.75 Å². The summed E-state index contributed by atoms with van der Waals surface area (Å²) < 4.78 is 11.9. The Morgan fingerprint density at radius 3 is 2.67 bits per heavy atom. The van der Waals surface area contributed by atoms with Gasteiger partial charge in [-0.1, -0.05) is 15.9 Å². The topological polar surface area (TPSA) is 35.5 Å². The van der Waals surface area contributed by atoms with Crippen LogP contribution in [0.25, 0.3) is 0 Å². The van der Waals surface area contributed by atoms with Gasteiger partial charge in [0.15, 0.2) is 5.78 Å². The highest BCUT2D eigenvalue weighted by atomic mass is 79.9. The maximum atomic E-state index is 11.8. The van der Waals surface area contributed by atoms with Crippen LogP contribution in [-0.4, -0.2) is 25.6 Å². The number of hydrogen-bond donors (Lipinski definition) is 0. The molecule has 1 fully saturated rings. The standard InChI is InChI=1S/C14H17BrO3/c1-9-5-12(6-10(2)14(9)15)18-8-13(16)11-3-4-17-7-11/h5-6,11H,3-4,7-8H2,1-2H3. The van der Waals surface area contributed by atoms with Gasteiger partial charge >= 0.3 is 0 Å². The first kappa shape index (κ1) is 13.6. The van der Waals surface area contributed by atoms with Crippen molar-refractivity contribution in [1.29, 1.82) is 0 Å². The molecule has 4 heteroatoms. The van der Waals surface area contributed by atoms with Gasteiger partial charge in [0, 0.05) is 17.0 Å². The molecule has 2 rings (SSSR count). The lowest BCUT2D eigenvalue weighted by Gasteiger charge is -2.11. The molecular formula is C14H17BrO3. The van der Waals surface area contributed by atoms with Crippen LogP contribution >= 0.6 is 15.9 Å². The third-order valence-corrected chi connectivity index (χ3v) is 4.43. The van der Waals surface area contributed by atoms with E-state index in [1.165, 1.54) is 0 Å². The van der Waals surface area contributed by atoms with E-state index in [0.29, 0.717) is 13.2 Å². The second-order valence-corrected chi connectivity index (χ2v) is 5.48. The quantitative estimate of drug-likeness (QED) is 0.857. The Labute approximate surface area is 116 Å². The van der Waals surface area contributed by atoms with Crippen LogP contribution < -0.4 is 4.74 Å². The fourth-order valence-electron chi connectivity index (χ4n) is 2.05. The molecule has 1 unspecified atom stereocenters. The number of hydrogen-bond acceptors (Lipinski definition) is 3. The predicted molar refractivity (Wildman–Crippen MR) is 73.0 cm³/mol. The van der Waals surface area contributed by atoms with Crippen molar-refractivity contribution >= 4 is 21.7 Å². The van der Waals surface area contributed by atoms with E-state index in [9.17, 15) is 4.79 Å². The lowest BCUT2D eigenvalue weighted by atomic mass is 10.0. The molecule has 18 heavy (non-hydrogen) atoms. The maximum absolute atomic E-state index is 11.8. The molecule has 98 valence electrons. The third kappa shape index (κ3) is 3.12. The van der Waals surface area contributed by atoms with Crippen molar-refractivity contribution in [2.24, 2.45) is 5.92 Å². The molecule has 1 atom stereocenters. The first-order valence-electron chi connectivity index (χ1n) is 6.08. The van der Waals surface area contributed by atoms with Crippen LogP contribution in [0.1, 0.15) is 17.5 Å². The molecule has 0 spiro atoms. The van der Waals surface area contributed by atoms with Gasteiger partial charge in [-0.15, -0.1) is 0 Å². The van der Waals surface area contributed by atoms with Crippen molar-refractivity contribution in [2.75, 3.05) is 19.8 Å². The molecule has 0 aromatic heterocycles. The number of halogens is 1. The molecule has 1 aliphatic rings. The minimum atomic E-state index is 0.0163. The van der Waals surface area contributed by atoms with E-state index in [1.54, 1.807) is 0 Å². The fourth-order valence-corrected chi connectivity index (χ4v) is 2.28. The fraction of sp³-hybridized carbons (Fsp3) is 0.500. The summed E-state index contributed by atoms with van der Waals surface area (Å²) in [5.74, 6) is 0.897. The first-order chi connectivity index (χ1) is 8.58. The molecule has 0 radical (unpaired) electrons. The summed E-state index contributed by atoms with van der Waals surface area (Å²) in [6.45, 7) is 5.38. The zero-order chi connectivity index (χ0) is 13.1. The number of rotatable bonds is 4. The molecule has 3 nitrogen and oxygen atoms in total. The van der Waals surface area contributed by atoms with Crippen molar-refractivity contribution in [3.8, 4) is 5.75 Å². The third-order valence-electron chi connectivity index (χ3n) is 3.18. The van der Waals surface area contributed by atoms with Crippen molar-refractivity contribution in [2.45, 2.75) is 20.3 Å². The number of carbonyl (C=O) groups is 1. The molecule has 0 amide bonds. The average molecular weight is 313 g/mol. The van der Waals surface area contributed by atoms with Crippen LogP contribution in [-0.2, 0) is 9.53 Å². The van der Waals surface area contributed by atoms with Gasteiger partial charge in [-0.05, 0) is 43.5 Å². The maximum Gasteiger partial charge on any atom is 0.175 e. The molecule has 1 heterocycles. The summed E-state index contributed by atoms with van der Waals surface area (Å²) in [6.07, 6.45) is 0.820. The number of carbonyl (C=O) groups excluding carboxylic acids is 1. The van der Waals surface area contributed by atoms with Gasteiger partial charge in [0.25, 0.3) is 0 Å². The number of Topliss-reactive ketones (excluding diaryl/α,β-unsaturated/α-hetero) is 1. The Balaban J connectivity index is 1.95. The van der Waals surface area contributed by atoms with Gasteiger partial charge in [0.2, 0.25) is 0 Å². The van der Waals surface area contributed by atoms with Gasteiger partial charge < -0.3 is 9.47 Å². The Morgan fingerprint density at radius 2 is 2.11 bits per heavy atom. The van der Waals surface area contributed by atoms with E-state index >= 15 is 0 Å². The molecule has 1 aromatic carbocycles. The molecule has 0 aliphatic carbocycles. The molecule has 1 aliphatic heterocycles. The molecule has 0 bridgehead atoms. The first-order valence-corrected chi connectivity index (χ1v) is 6.87. The Hall–Kier alpha value is -0.870. The van der Waals surface area contributed by atoms with E-state index in [4.69, 9.17) is 9.47 Å². The van der Waals surface area contributed by atoms with E-state index in [-0.39, 0.29) is 18.3 Å². The van der Waals surface area contributed by atoms with Crippen LogP contribution in [0.4, 0.5) is 0 Å². The largest absolute Gasteiger partial charge is 0.486 e. The highest BCUT2D eigenvalue weighted by Gasteiger charge is 2.23. The summed E-state index contributed by atoms with van der Waals surface area (Å²) >= 11 is 3.51. The highest BCUT2D eigenvalue weighted by Crippen LogP contribution is 2.26. The zero-order valence-corrected chi connectivity index (χ0v) is 12.2. The number of ketones is 1. The van der Waals surface area contributed by atoms with E-state index in [0.717, 1.165) is 27.8 Å². The Bertz CT molecular complexity index is 427. The average Bonchev–Trinajstić information content (AvgIpc) is 2.86. The molecule has 0 saturated carbocycles. The molecule has 1 aromatic rings. The van der Waals surface area contributed by atoms with Gasteiger partial charge in [0.1, 0.15) is 12.4 Å². The van der Waals surface area contributed by atoms with Crippen LogP contribution in [0.2, 0.25) is 0 Å². The van der Waals surface area contributed by atoms with Crippen molar-refractivity contribution in [1.82, 2.24) is 0 Å². The van der Waals surface area contributed by atoms with E-state index in [2.05, 4.69) is 15.9 Å². The molecular weight excluding hydrogens is 296 g/mol. The van der Waals surface area contributed by atoms with Crippen LogP contribution in [0.15, 0.2) is 16.6 Å². The SMILES string of the molecule is Cc1cc(OCC(=O)C2CCOC2)cc(C)c1Br. The second kappa shape index (κ2) is 5.85. The summed E-state index contributed by atoms with van der Waals surface area (Å²) in [5, 5.41) is 0. The lowest BCUT2D eigenvalue weighted by Crippen LogP contribution is -2.21. The van der Waals surface area contributed by atoms with Crippen molar-refractivity contribution in [3.63, 3.8) is 0 Å². The van der Waals surface area contributed by atoms with E-state index in [1.807, 2.05) is 26.0 Å². The van der Waals surface area contributed by atoms with Gasteiger partial charge in [-0.2, -0.15) is 0 Å². The lowest BCUT2D eigenvalue weighted by molar-refractivity contribution is -0.124. The normalized spacial score (nSPS) is 18.9. The van der Waals surface area contributed by atoms with Crippen molar-refractivity contribution in [3.05, 3.63) is 27.7 Å². The Kier molecular flexibility index (Phi) is 4.40. The van der Waals surface area contributed by atoms with Crippen LogP contribution in [0, 0.1) is 19.8 Å². The van der Waals surface area contributed by atoms with Crippen molar-refractivity contribution < 1.29 is 14.3 Å². The minimum absolute atomic E-state index is 0.0163. The predicted octanol–water partition coefficient (Wildman–Crippen LogP) is 3.05. The van der Waals surface area contributed by atoms with E-state index < -0.39 is 0 Å². The van der Waals surface area contributed by atoms with Gasteiger partial charge in [0.05, 0.1) is 6.61 Å². The molecule has 0 N–H and O–H groups in total. The summed E-state index contributed by atoms with van der Waals surface area (Å²) in [7, 11) is 0. The van der Waals surface area contributed by atoms with Gasteiger partial charge in [-0.25, -0.2) is 0 Å². The molecule has 1 saturated heterocycles. The summed E-state index contributed by atoms with van der Waals surface area (Å²) in [6, 6.07) is 3.88. The zero-order valence-electron chi connectivity index (χ0n) is 10.7. The van der Waals surface area contributed by atoms with Gasteiger partial charge in [-0.3, -0.25) is 4.79 Å². The second-order valence-electron chi connectivity index (χ2n) is 4.69. The smallest absolute Gasteiger partial charge is 0.175 e. The van der Waals surface area contributed by atoms with Crippen LogP contribution in [0.3, 0.4) is 0 Å². The number of aryl methyl sites for hydroxylation is 2.